The van der Waals surface area contributed by atoms with Crippen LogP contribution in [0.15, 0.2) is 47.1 Å². The second-order valence-corrected chi connectivity index (χ2v) is 6.71. The van der Waals surface area contributed by atoms with E-state index in [2.05, 4.69) is 15.9 Å². The maximum absolute atomic E-state index is 12.2. The van der Waals surface area contributed by atoms with Gasteiger partial charge in [0.15, 0.2) is 5.78 Å². The molecule has 3 rings (SSSR count). The van der Waals surface area contributed by atoms with Crippen LogP contribution >= 0.6 is 38.9 Å². The van der Waals surface area contributed by atoms with E-state index in [1.165, 1.54) is 11.3 Å². The van der Waals surface area contributed by atoms with E-state index < -0.39 is 0 Å². The van der Waals surface area contributed by atoms with Gasteiger partial charge in [0.25, 0.3) is 0 Å². The highest BCUT2D eigenvalue weighted by Gasteiger charge is 2.11. The summed E-state index contributed by atoms with van der Waals surface area (Å²) in [6, 6.07) is 11.5. The second kappa shape index (κ2) is 5.12. The molecule has 0 amide bonds. The molecule has 19 heavy (non-hydrogen) atoms. The molecule has 1 aromatic carbocycles. The number of carbonyl (C=O) groups is 1. The first-order valence-electron chi connectivity index (χ1n) is 5.67. The van der Waals surface area contributed by atoms with Crippen molar-refractivity contribution in [1.82, 2.24) is 4.57 Å². The second-order valence-electron chi connectivity index (χ2n) is 4.14. The lowest BCUT2D eigenvalue weighted by Crippen LogP contribution is -2.07. The third kappa shape index (κ3) is 2.48. The van der Waals surface area contributed by atoms with Crippen LogP contribution in [0.2, 0.25) is 4.34 Å². The van der Waals surface area contributed by atoms with Gasteiger partial charge in [-0.15, -0.1) is 11.3 Å². The van der Waals surface area contributed by atoms with Crippen LogP contribution in [-0.2, 0) is 6.54 Å². The molecule has 0 N–H and O–H groups in total. The zero-order valence-electron chi connectivity index (χ0n) is 9.77. The Morgan fingerprint density at radius 2 is 2.11 bits per heavy atom. The van der Waals surface area contributed by atoms with Crippen LogP contribution in [0.1, 0.15) is 9.67 Å². The predicted octanol–water partition coefficient (Wildman–Crippen LogP) is 5.00. The van der Waals surface area contributed by atoms with E-state index in [1.54, 1.807) is 12.1 Å². The van der Waals surface area contributed by atoms with Crippen LogP contribution in [0.3, 0.4) is 0 Å². The van der Waals surface area contributed by atoms with Gasteiger partial charge in [-0.1, -0.05) is 33.6 Å². The zero-order valence-corrected chi connectivity index (χ0v) is 12.9. The van der Waals surface area contributed by atoms with Gasteiger partial charge in [0.1, 0.15) is 0 Å². The molecule has 96 valence electrons. The van der Waals surface area contributed by atoms with Crippen molar-refractivity contribution in [1.29, 1.82) is 0 Å². The third-order valence-corrected chi connectivity index (χ3v) is 4.89. The quantitative estimate of drug-likeness (QED) is 0.607. The molecule has 2 aromatic heterocycles. The highest BCUT2D eigenvalue weighted by Crippen LogP contribution is 2.26. The Morgan fingerprint density at radius 3 is 2.84 bits per heavy atom. The fourth-order valence-corrected chi connectivity index (χ4v) is 3.48. The number of thiophene rings is 1. The lowest BCUT2D eigenvalue weighted by atomic mass is 10.2. The van der Waals surface area contributed by atoms with Gasteiger partial charge in [-0.25, -0.2) is 0 Å². The summed E-state index contributed by atoms with van der Waals surface area (Å²) in [6.07, 6.45) is 1.93. The number of hydrogen-bond donors (Lipinski definition) is 0. The summed E-state index contributed by atoms with van der Waals surface area (Å²) in [4.78, 5) is 12.9. The predicted molar refractivity (Wildman–Crippen MR) is 83.3 cm³/mol. The van der Waals surface area contributed by atoms with Crippen molar-refractivity contribution in [3.8, 4) is 0 Å². The summed E-state index contributed by atoms with van der Waals surface area (Å²) in [5.74, 6) is 0.0781. The molecule has 0 bridgehead atoms. The summed E-state index contributed by atoms with van der Waals surface area (Å²) in [7, 11) is 0. The van der Waals surface area contributed by atoms with Crippen LogP contribution in [-0.4, -0.2) is 10.4 Å². The van der Waals surface area contributed by atoms with E-state index in [1.807, 2.05) is 35.0 Å². The average molecular weight is 355 g/mol. The van der Waals surface area contributed by atoms with Gasteiger partial charge in [-0.2, -0.15) is 0 Å². The molecule has 2 heterocycles. The molecule has 0 aliphatic heterocycles. The minimum absolute atomic E-state index is 0.0781. The highest BCUT2D eigenvalue weighted by atomic mass is 79.9. The Balaban J connectivity index is 1.94. The Labute approximate surface area is 127 Å². The number of carbonyl (C=O) groups excluding carboxylic acids is 1. The number of hydrogen-bond acceptors (Lipinski definition) is 2. The molecular formula is C14H9BrClNOS. The summed E-state index contributed by atoms with van der Waals surface area (Å²) in [6.45, 7) is 0.330. The standard InChI is InChI=1S/C14H9BrClNOS/c15-10-2-1-3-11-9(10)6-7-17(11)8-12(18)13-4-5-14(16)19-13/h1-7H,8H2. The summed E-state index contributed by atoms with van der Waals surface area (Å²) < 4.78 is 3.63. The number of aromatic nitrogens is 1. The van der Waals surface area contributed by atoms with Crippen LogP contribution in [0.25, 0.3) is 10.9 Å². The lowest BCUT2D eigenvalue weighted by Gasteiger charge is -2.03. The maximum atomic E-state index is 12.2. The molecule has 0 spiro atoms. The number of halogens is 2. The molecular weight excluding hydrogens is 346 g/mol. The minimum atomic E-state index is 0.0781. The van der Waals surface area contributed by atoms with E-state index >= 15 is 0 Å². The van der Waals surface area contributed by atoms with E-state index in [0.717, 1.165) is 15.4 Å². The van der Waals surface area contributed by atoms with Crippen molar-refractivity contribution in [2.45, 2.75) is 6.54 Å². The Bertz CT molecular complexity index is 762. The van der Waals surface area contributed by atoms with Gasteiger partial charge in [0, 0.05) is 21.6 Å². The molecule has 0 atom stereocenters. The van der Waals surface area contributed by atoms with Gasteiger partial charge in [0.2, 0.25) is 0 Å². The zero-order chi connectivity index (χ0) is 13.4. The van der Waals surface area contributed by atoms with Gasteiger partial charge < -0.3 is 4.57 Å². The van der Waals surface area contributed by atoms with Crippen LogP contribution in [0.5, 0.6) is 0 Å². The van der Waals surface area contributed by atoms with Crippen molar-refractivity contribution in [2.24, 2.45) is 0 Å². The topological polar surface area (TPSA) is 22.0 Å². The molecule has 0 radical (unpaired) electrons. The van der Waals surface area contributed by atoms with E-state index in [4.69, 9.17) is 11.6 Å². The van der Waals surface area contributed by atoms with E-state index in [0.29, 0.717) is 15.8 Å². The minimum Gasteiger partial charge on any atom is -0.340 e. The fourth-order valence-electron chi connectivity index (χ4n) is 2.02. The molecule has 0 fully saturated rings. The number of rotatable bonds is 3. The molecule has 0 aliphatic rings. The Kier molecular flexibility index (Phi) is 3.48. The van der Waals surface area contributed by atoms with Gasteiger partial charge in [-0.05, 0) is 30.3 Å². The molecule has 0 aliphatic carbocycles. The Morgan fingerprint density at radius 1 is 1.26 bits per heavy atom. The van der Waals surface area contributed by atoms with Gasteiger partial charge >= 0.3 is 0 Å². The molecule has 0 saturated carbocycles. The first-order valence-corrected chi connectivity index (χ1v) is 7.66. The van der Waals surface area contributed by atoms with Gasteiger partial charge in [0.05, 0.1) is 15.8 Å². The molecule has 5 heteroatoms. The summed E-state index contributed by atoms with van der Waals surface area (Å²) in [5, 5.41) is 1.11. The first-order chi connectivity index (χ1) is 9.15. The third-order valence-electron chi connectivity index (χ3n) is 2.92. The monoisotopic (exact) mass is 353 g/mol. The highest BCUT2D eigenvalue weighted by molar-refractivity contribution is 9.10. The van der Waals surface area contributed by atoms with Crippen molar-refractivity contribution in [3.63, 3.8) is 0 Å². The van der Waals surface area contributed by atoms with Crippen molar-refractivity contribution >= 4 is 55.6 Å². The van der Waals surface area contributed by atoms with Crippen molar-refractivity contribution in [3.05, 3.63) is 56.3 Å². The number of benzene rings is 1. The number of ketones is 1. The van der Waals surface area contributed by atoms with Crippen LogP contribution < -0.4 is 0 Å². The summed E-state index contributed by atoms with van der Waals surface area (Å²) >= 11 is 10.7. The number of fused-ring (bicyclic) bond motifs is 1. The van der Waals surface area contributed by atoms with Crippen molar-refractivity contribution in [2.75, 3.05) is 0 Å². The smallest absolute Gasteiger partial charge is 0.192 e. The van der Waals surface area contributed by atoms with E-state index in [9.17, 15) is 4.79 Å². The maximum Gasteiger partial charge on any atom is 0.192 e. The van der Waals surface area contributed by atoms with E-state index in [-0.39, 0.29) is 5.78 Å². The largest absolute Gasteiger partial charge is 0.340 e. The van der Waals surface area contributed by atoms with Crippen LogP contribution in [0.4, 0.5) is 0 Å². The lowest BCUT2D eigenvalue weighted by molar-refractivity contribution is 0.0977. The number of Topliss-reactive ketones (excluding diaryl/α,β-unsaturated/α-hetero) is 1. The first kappa shape index (κ1) is 12.9. The molecule has 2 nitrogen and oxygen atoms in total. The SMILES string of the molecule is O=C(Cn1ccc2c(Br)cccc21)c1ccc(Cl)s1. The molecule has 0 unspecified atom stereocenters. The van der Waals surface area contributed by atoms with Gasteiger partial charge in [-0.3, -0.25) is 4.79 Å². The number of nitrogens with zero attached hydrogens (tertiary/aromatic N) is 1. The summed E-state index contributed by atoms with van der Waals surface area (Å²) in [5.41, 5.74) is 1.05. The Hall–Kier alpha value is -1.10. The van der Waals surface area contributed by atoms with Crippen molar-refractivity contribution < 1.29 is 4.79 Å². The molecule has 0 saturated heterocycles. The normalized spacial score (nSPS) is 11.1. The fraction of sp³-hybridized carbons (Fsp3) is 0.0714. The van der Waals surface area contributed by atoms with Crippen LogP contribution in [0, 0.1) is 0 Å². The molecule has 3 aromatic rings. The average Bonchev–Trinajstić information content (AvgIpc) is 2.98.